The van der Waals surface area contributed by atoms with E-state index in [1.807, 2.05) is 60.7 Å². The number of pyridine rings is 1. The van der Waals surface area contributed by atoms with Crippen molar-refractivity contribution >= 4 is 6.09 Å². The van der Waals surface area contributed by atoms with E-state index >= 15 is 0 Å². The molecule has 6 rings (SSSR count). The molecule has 0 saturated heterocycles. The van der Waals surface area contributed by atoms with Gasteiger partial charge in [-0.25, -0.2) is 9.78 Å². The van der Waals surface area contributed by atoms with Crippen LogP contribution in [0.1, 0.15) is 36.5 Å². The van der Waals surface area contributed by atoms with Crippen molar-refractivity contribution in [2.24, 2.45) is 0 Å². The van der Waals surface area contributed by atoms with Crippen molar-refractivity contribution in [2.75, 3.05) is 0 Å². The first-order chi connectivity index (χ1) is 17.1. The van der Waals surface area contributed by atoms with Crippen molar-refractivity contribution in [3.8, 4) is 34.0 Å². The van der Waals surface area contributed by atoms with Crippen LogP contribution in [0.3, 0.4) is 0 Å². The van der Waals surface area contributed by atoms with Gasteiger partial charge in [-0.15, -0.1) is 10.2 Å². The molecular formula is C26H23N5O4. The van der Waals surface area contributed by atoms with E-state index in [4.69, 9.17) is 9.72 Å². The van der Waals surface area contributed by atoms with Crippen molar-refractivity contribution in [1.82, 2.24) is 25.1 Å². The van der Waals surface area contributed by atoms with Gasteiger partial charge in [0.1, 0.15) is 12.3 Å². The first-order valence-electron chi connectivity index (χ1n) is 11.5. The lowest BCUT2D eigenvalue weighted by atomic mass is 9.71. The minimum Gasteiger partial charge on any atom is -0.468 e. The van der Waals surface area contributed by atoms with Crippen molar-refractivity contribution in [3.63, 3.8) is 0 Å². The summed E-state index contributed by atoms with van der Waals surface area (Å²) in [5.41, 5.74) is 4.62. The van der Waals surface area contributed by atoms with Crippen molar-refractivity contribution < 1.29 is 19.7 Å². The van der Waals surface area contributed by atoms with Crippen LogP contribution in [0.2, 0.25) is 0 Å². The van der Waals surface area contributed by atoms with Crippen LogP contribution in [0.4, 0.5) is 4.79 Å². The summed E-state index contributed by atoms with van der Waals surface area (Å²) in [5.74, 6) is 1.48. The highest BCUT2D eigenvalue weighted by Crippen LogP contribution is 2.43. The van der Waals surface area contributed by atoms with E-state index in [0.29, 0.717) is 23.2 Å². The summed E-state index contributed by atoms with van der Waals surface area (Å²) in [4.78, 5) is 16.3. The van der Waals surface area contributed by atoms with Gasteiger partial charge in [-0.2, -0.15) is 0 Å². The fraction of sp³-hybridized carbons (Fsp3) is 0.231. The van der Waals surface area contributed by atoms with Crippen LogP contribution in [0, 0.1) is 0 Å². The van der Waals surface area contributed by atoms with Gasteiger partial charge in [0.25, 0.3) is 0 Å². The molecule has 1 fully saturated rings. The highest BCUT2D eigenvalue weighted by atomic mass is 16.5. The average molecular weight is 470 g/mol. The lowest BCUT2D eigenvalue weighted by Gasteiger charge is -2.42. The van der Waals surface area contributed by atoms with E-state index in [2.05, 4.69) is 15.5 Å². The number of aliphatic hydroxyl groups is 1. The number of hydrogen-bond donors (Lipinski definition) is 3. The molecule has 0 atom stereocenters. The zero-order valence-corrected chi connectivity index (χ0v) is 18.8. The van der Waals surface area contributed by atoms with Crippen molar-refractivity contribution in [2.45, 2.75) is 38.0 Å². The first-order valence-corrected chi connectivity index (χ1v) is 11.5. The van der Waals surface area contributed by atoms with Gasteiger partial charge in [-0.05, 0) is 36.5 Å². The molecule has 1 saturated carbocycles. The highest BCUT2D eigenvalue weighted by Gasteiger charge is 2.40. The fourth-order valence-corrected chi connectivity index (χ4v) is 4.94. The van der Waals surface area contributed by atoms with E-state index in [1.165, 1.54) is 0 Å². The molecule has 9 nitrogen and oxygen atoms in total. The predicted octanol–water partition coefficient (Wildman–Crippen LogP) is 4.03. The molecule has 0 unspecified atom stereocenters. The Labute approximate surface area is 201 Å². The molecule has 2 aromatic heterocycles. The number of carbonyl (C=O) groups is 1. The smallest absolute Gasteiger partial charge is 0.405 e. The lowest BCUT2D eigenvalue weighted by molar-refractivity contribution is 0.144. The third-order valence-corrected chi connectivity index (χ3v) is 6.84. The quantitative estimate of drug-likeness (QED) is 0.403. The number of hydrogen-bond acceptors (Lipinski definition) is 6. The Morgan fingerprint density at radius 3 is 2.49 bits per heavy atom. The summed E-state index contributed by atoms with van der Waals surface area (Å²) < 4.78 is 7.71. The highest BCUT2D eigenvalue weighted by molar-refractivity contribution is 5.83. The molecular weight excluding hydrogens is 446 g/mol. The summed E-state index contributed by atoms with van der Waals surface area (Å²) in [7, 11) is 0. The topological polar surface area (TPSA) is 122 Å². The molecule has 3 N–H and O–H groups in total. The summed E-state index contributed by atoms with van der Waals surface area (Å²) in [6.07, 6.45) is 1.55. The summed E-state index contributed by atoms with van der Waals surface area (Å²) >= 11 is 0. The van der Waals surface area contributed by atoms with Gasteiger partial charge in [-0.1, -0.05) is 54.6 Å². The number of carboxylic acid groups (broad SMARTS) is 1. The fourth-order valence-electron chi connectivity index (χ4n) is 4.94. The second kappa shape index (κ2) is 8.21. The number of fused-ring (bicyclic) bond motifs is 3. The summed E-state index contributed by atoms with van der Waals surface area (Å²) in [6, 6.07) is 19.8. The first kappa shape index (κ1) is 21.3. The SMILES string of the molecule is O=C(O)NC1(c2ccc(-c3nc4c(cc3-c3ccccc3)-n3c(CO)nnc3CO4)cc2)CCC1. The number of rotatable bonds is 5. The van der Waals surface area contributed by atoms with E-state index in [9.17, 15) is 15.0 Å². The number of ether oxygens (including phenoxy) is 1. The van der Waals surface area contributed by atoms with Crippen LogP contribution >= 0.6 is 0 Å². The number of amides is 1. The third-order valence-electron chi connectivity index (χ3n) is 6.84. The van der Waals surface area contributed by atoms with Crippen LogP contribution < -0.4 is 10.1 Å². The molecule has 1 aliphatic carbocycles. The molecule has 1 amide bonds. The second-order valence-corrected chi connectivity index (χ2v) is 8.83. The number of aromatic nitrogens is 4. The zero-order valence-electron chi connectivity index (χ0n) is 18.8. The Kier molecular flexibility index (Phi) is 5.00. The van der Waals surface area contributed by atoms with Crippen LogP contribution in [0.25, 0.3) is 28.1 Å². The maximum Gasteiger partial charge on any atom is 0.405 e. The van der Waals surface area contributed by atoms with Crippen molar-refractivity contribution in [3.05, 3.63) is 77.9 Å². The van der Waals surface area contributed by atoms with Gasteiger partial charge in [0, 0.05) is 11.1 Å². The maximum atomic E-state index is 11.4. The van der Waals surface area contributed by atoms with E-state index in [0.717, 1.165) is 47.2 Å². The molecule has 9 heteroatoms. The molecule has 35 heavy (non-hydrogen) atoms. The molecule has 1 aliphatic heterocycles. The lowest BCUT2D eigenvalue weighted by Crippen LogP contribution is -2.50. The number of benzene rings is 2. The molecule has 4 aromatic rings. The Morgan fingerprint density at radius 1 is 1.06 bits per heavy atom. The van der Waals surface area contributed by atoms with Gasteiger partial charge in [-0.3, -0.25) is 4.57 Å². The summed E-state index contributed by atoms with van der Waals surface area (Å²) in [5, 5.41) is 30.0. The molecule has 0 spiro atoms. The van der Waals surface area contributed by atoms with Gasteiger partial charge in [0.15, 0.2) is 18.3 Å². The molecule has 2 aliphatic rings. The monoisotopic (exact) mass is 469 g/mol. The molecule has 0 radical (unpaired) electrons. The zero-order chi connectivity index (χ0) is 24.0. The van der Waals surface area contributed by atoms with Crippen LogP contribution in [0.15, 0.2) is 60.7 Å². The van der Waals surface area contributed by atoms with E-state index in [-0.39, 0.29) is 13.2 Å². The van der Waals surface area contributed by atoms with Crippen LogP contribution in [-0.2, 0) is 18.8 Å². The van der Waals surface area contributed by atoms with Gasteiger partial charge in [0.2, 0.25) is 5.88 Å². The molecule has 176 valence electrons. The minimum atomic E-state index is -1.01. The van der Waals surface area contributed by atoms with Gasteiger partial charge < -0.3 is 20.3 Å². The standard InChI is InChI=1S/C26H23N5O4/c32-14-21-29-30-22-15-35-24-20(31(21)22)13-19(16-5-2-1-3-6-16)23(27-24)17-7-9-18(10-8-17)26(11-4-12-26)28-25(33)34/h1-3,5-10,13,28,32H,4,11-12,14-15H2,(H,33,34). The molecule has 3 heterocycles. The normalized spacial score (nSPS) is 15.3. The van der Waals surface area contributed by atoms with E-state index < -0.39 is 11.6 Å². The Hall–Kier alpha value is -4.24. The van der Waals surface area contributed by atoms with Gasteiger partial charge >= 0.3 is 6.09 Å². The number of nitrogens with zero attached hydrogens (tertiary/aromatic N) is 4. The van der Waals surface area contributed by atoms with Crippen molar-refractivity contribution in [1.29, 1.82) is 0 Å². The third kappa shape index (κ3) is 3.52. The van der Waals surface area contributed by atoms with E-state index in [1.54, 1.807) is 4.57 Å². The largest absolute Gasteiger partial charge is 0.468 e. The van der Waals surface area contributed by atoms with Crippen LogP contribution in [-0.4, -0.2) is 36.1 Å². The predicted molar refractivity (Wildman–Crippen MR) is 127 cm³/mol. The number of aliphatic hydroxyl groups excluding tert-OH is 1. The van der Waals surface area contributed by atoms with Gasteiger partial charge in [0.05, 0.1) is 11.2 Å². The average Bonchev–Trinajstić information content (AvgIpc) is 3.30. The molecule has 0 bridgehead atoms. The Bertz CT molecular complexity index is 1400. The van der Waals surface area contributed by atoms with Crippen LogP contribution in [0.5, 0.6) is 5.88 Å². The second-order valence-electron chi connectivity index (χ2n) is 8.83. The maximum absolute atomic E-state index is 11.4. The summed E-state index contributed by atoms with van der Waals surface area (Å²) in [6.45, 7) is -0.0398. The minimum absolute atomic E-state index is 0.208. The number of nitrogens with one attached hydrogen (secondary N) is 1. The molecule has 2 aromatic carbocycles. The Balaban J connectivity index is 1.48. The Morgan fingerprint density at radius 2 is 1.83 bits per heavy atom.